The van der Waals surface area contributed by atoms with Gasteiger partial charge in [0.05, 0.1) is 13.2 Å². The molecule has 0 N–H and O–H groups in total. The smallest absolute Gasteiger partial charge is 0.236 e. The topological polar surface area (TPSA) is 36.0 Å². The molecule has 2 fully saturated rings. The first-order valence-electron chi connectivity index (χ1n) is 10.8. The highest BCUT2D eigenvalue weighted by Crippen LogP contribution is 2.45. The van der Waals surface area contributed by atoms with E-state index in [1.807, 2.05) is 7.05 Å². The van der Waals surface area contributed by atoms with Crippen LogP contribution in [0.2, 0.25) is 0 Å². The predicted octanol–water partition coefficient (Wildman–Crippen LogP) is 2.68. The summed E-state index contributed by atoms with van der Waals surface area (Å²) in [6.07, 6.45) is 3.50. The van der Waals surface area contributed by atoms with Crippen molar-refractivity contribution in [1.82, 2.24) is 14.7 Å². The van der Waals surface area contributed by atoms with E-state index in [0.29, 0.717) is 24.5 Å². The van der Waals surface area contributed by atoms with Gasteiger partial charge in [-0.1, -0.05) is 37.3 Å². The van der Waals surface area contributed by atoms with Crippen molar-refractivity contribution >= 4 is 5.91 Å². The Kier molecular flexibility index (Phi) is 7.49. The molecule has 3 rings (SSSR count). The molecule has 0 bridgehead atoms. The molecular weight excluding hydrogens is 350 g/mol. The first-order valence-corrected chi connectivity index (χ1v) is 10.8. The highest BCUT2D eigenvalue weighted by molar-refractivity contribution is 5.78. The van der Waals surface area contributed by atoms with Gasteiger partial charge >= 0.3 is 0 Å². The summed E-state index contributed by atoms with van der Waals surface area (Å²) in [7, 11) is 3.69. The molecule has 156 valence electrons. The van der Waals surface area contributed by atoms with Crippen molar-refractivity contribution in [2.24, 2.45) is 5.41 Å². The van der Waals surface area contributed by atoms with E-state index >= 15 is 0 Å². The van der Waals surface area contributed by atoms with Crippen molar-refractivity contribution in [3.8, 4) is 0 Å². The lowest BCUT2D eigenvalue weighted by Crippen LogP contribution is -2.53. The second-order valence-electron chi connectivity index (χ2n) is 8.75. The number of amides is 1. The Morgan fingerprint density at radius 3 is 2.61 bits per heavy atom. The van der Waals surface area contributed by atoms with Gasteiger partial charge in [-0.2, -0.15) is 0 Å². The van der Waals surface area contributed by atoms with Crippen LogP contribution in [0.5, 0.6) is 0 Å². The molecule has 0 unspecified atom stereocenters. The van der Waals surface area contributed by atoms with Gasteiger partial charge in [0.1, 0.15) is 0 Å². The number of likely N-dealkylation sites (tertiary alicyclic amines) is 2. The molecule has 1 spiro atoms. The van der Waals surface area contributed by atoms with E-state index in [0.717, 1.165) is 45.6 Å². The molecule has 1 amide bonds. The maximum absolute atomic E-state index is 12.7. The predicted molar refractivity (Wildman–Crippen MR) is 114 cm³/mol. The van der Waals surface area contributed by atoms with Crippen LogP contribution in [-0.4, -0.2) is 87.2 Å². The van der Waals surface area contributed by atoms with E-state index in [9.17, 15) is 4.79 Å². The molecule has 1 atom stereocenters. The van der Waals surface area contributed by atoms with E-state index in [-0.39, 0.29) is 5.91 Å². The Morgan fingerprint density at radius 1 is 1.25 bits per heavy atom. The lowest BCUT2D eigenvalue weighted by atomic mass is 9.68. The summed E-state index contributed by atoms with van der Waals surface area (Å²) >= 11 is 0. The number of methoxy groups -OCH3 is 1. The van der Waals surface area contributed by atoms with E-state index in [1.54, 1.807) is 7.11 Å². The van der Waals surface area contributed by atoms with Crippen molar-refractivity contribution in [2.45, 2.75) is 32.1 Å². The Hall–Kier alpha value is -1.43. The molecule has 28 heavy (non-hydrogen) atoms. The minimum atomic E-state index is 0.260. The standard InChI is InChI=1S/C23H37N3O2/c1-4-25-17-21(20-8-6-5-7-9-20)16-23(19-25)10-12-26(13-11-23)22(27)18-24(2)14-15-28-3/h5-9,21H,4,10-19H2,1-3H3/t21-/m1/s1. The first-order chi connectivity index (χ1) is 13.5. The van der Waals surface area contributed by atoms with Crippen LogP contribution in [0, 0.1) is 5.41 Å². The highest BCUT2D eigenvalue weighted by atomic mass is 16.5. The lowest BCUT2D eigenvalue weighted by Gasteiger charge is -2.50. The van der Waals surface area contributed by atoms with Gasteiger partial charge < -0.3 is 14.5 Å². The van der Waals surface area contributed by atoms with Gasteiger partial charge in [-0.05, 0) is 49.8 Å². The monoisotopic (exact) mass is 387 g/mol. The number of benzene rings is 1. The van der Waals surface area contributed by atoms with Crippen LogP contribution in [0.1, 0.15) is 37.7 Å². The molecule has 0 aromatic heterocycles. The zero-order valence-corrected chi connectivity index (χ0v) is 17.9. The summed E-state index contributed by atoms with van der Waals surface area (Å²) in [5.74, 6) is 0.869. The van der Waals surface area contributed by atoms with Crippen molar-refractivity contribution in [2.75, 3.05) is 66.6 Å². The summed E-state index contributed by atoms with van der Waals surface area (Å²) in [6.45, 7) is 9.48. The number of piperidine rings is 2. The highest BCUT2D eigenvalue weighted by Gasteiger charge is 2.42. The van der Waals surface area contributed by atoms with Crippen molar-refractivity contribution in [3.05, 3.63) is 35.9 Å². The zero-order valence-electron chi connectivity index (χ0n) is 17.9. The fraction of sp³-hybridized carbons (Fsp3) is 0.696. The Balaban J connectivity index is 1.59. The fourth-order valence-corrected chi connectivity index (χ4v) is 4.94. The van der Waals surface area contributed by atoms with Crippen LogP contribution in [-0.2, 0) is 9.53 Å². The normalized spacial score (nSPS) is 22.7. The van der Waals surface area contributed by atoms with Crippen LogP contribution < -0.4 is 0 Å². The van der Waals surface area contributed by atoms with Gasteiger partial charge in [0.25, 0.3) is 0 Å². The third-order valence-corrected chi connectivity index (χ3v) is 6.69. The third-order valence-electron chi connectivity index (χ3n) is 6.69. The van der Waals surface area contributed by atoms with Crippen LogP contribution in [0.4, 0.5) is 0 Å². The first kappa shape index (κ1) is 21.3. The van der Waals surface area contributed by atoms with Crippen molar-refractivity contribution in [3.63, 3.8) is 0 Å². The van der Waals surface area contributed by atoms with Crippen LogP contribution >= 0.6 is 0 Å². The largest absolute Gasteiger partial charge is 0.383 e. The summed E-state index contributed by atoms with van der Waals surface area (Å²) in [6, 6.07) is 11.0. The Morgan fingerprint density at radius 2 is 1.96 bits per heavy atom. The quantitative estimate of drug-likeness (QED) is 0.721. The van der Waals surface area contributed by atoms with E-state index in [4.69, 9.17) is 4.74 Å². The van der Waals surface area contributed by atoms with E-state index in [2.05, 4.69) is 52.0 Å². The van der Waals surface area contributed by atoms with Gasteiger partial charge in [0.2, 0.25) is 5.91 Å². The summed E-state index contributed by atoms with van der Waals surface area (Å²) < 4.78 is 5.11. The molecule has 0 radical (unpaired) electrons. The third kappa shape index (κ3) is 5.34. The molecule has 1 aromatic rings. The number of nitrogens with zero attached hydrogens (tertiary/aromatic N) is 3. The van der Waals surface area contributed by atoms with Gasteiger partial charge in [0, 0.05) is 39.8 Å². The second kappa shape index (κ2) is 9.86. The molecular formula is C23H37N3O2. The molecule has 2 saturated heterocycles. The Labute approximate surface area is 170 Å². The molecule has 2 aliphatic heterocycles. The average Bonchev–Trinajstić information content (AvgIpc) is 2.73. The number of likely N-dealkylation sites (N-methyl/N-ethyl adjacent to an activating group) is 2. The summed E-state index contributed by atoms with van der Waals surface area (Å²) in [4.78, 5) is 19.4. The maximum atomic E-state index is 12.7. The SMILES string of the molecule is CCN1C[C@H](c2ccccc2)CC2(CCN(C(=O)CN(C)CCOC)CC2)C1. The average molecular weight is 388 g/mol. The van der Waals surface area contributed by atoms with Gasteiger partial charge in [-0.15, -0.1) is 0 Å². The molecule has 2 heterocycles. The van der Waals surface area contributed by atoms with Crippen LogP contribution in [0.3, 0.4) is 0 Å². The number of ether oxygens (including phenoxy) is 1. The van der Waals surface area contributed by atoms with Crippen LogP contribution in [0.25, 0.3) is 0 Å². The summed E-state index contributed by atoms with van der Waals surface area (Å²) in [5, 5.41) is 0. The maximum Gasteiger partial charge on any atom is 0.236 e. The van der Waals surface area contributed by atoms with Gasteiger partial charge in [0.15, 0.2) is 0 Å². The number of carbonyl (C=O) groups is 1. The minimum absolute atomic E-state index is 0.260. The lowest BCUT2D eigenvalue weighted by molar-refractivity contribution is -0.135. The van der Waals surface area contributed by atoms with E-state index in [1.165, 1.54) is 18.5 Å². The summed E-state index contributed by atoms with van der Waals surface area (Å²) in [5.41, 5.74) is 1.83. The molecule has 2 aliphatic rings. The second-order valence-corrected chi connectivity index (χ2v) is 8.75. The fourth-order valence-electron chi connectivity index (χ4n) is 4.94. The van der Waals surface area contributed by atoms with Gasteiger partial charge in [-0.25, -0.2) is 0 Å². The number of rotatable bonds is 7. The molecule has 5 nitrogen and oxygen atoms in total. The van der Waals surface area contributed by atoms with Crippen molar-refractivity contribution < 1.29 is 9.53 Å². The number of hydrogen-bond donors (Lipinski definition) is 0. The number of hydrogen-bond acceptors (Lipinski definition) is 4. The zero-order chi connectivity index (χ0) is 20.0. The van der Waals surface area contributed by atoms with Gasteiger partial charge in [-0.3, -0.25) is 9.69 Å². The molecule has 0 aliphatic carbocycles. The Bertz CT molecular complexity index is 614. The minimum Gasteiger partial charge on any atom is -0.383 e. The number of carbonyl (C=O) groups excluding carboxylic acids is 1. The molecule has 0 saturated carbocycles. The van der Waals surface area contributed by atoms with E-state index < -0.39 is 0 Å². The molecule has 1 aromatic carbocycles. The van der Waals surface area contributed by atoms with Crippen LogP contribution in [0.15, 0.2) is 30.3 Å². The molecule has 5 heteroatoms. The van der Waals surface area contributed by atoms with Crippen molar-refractivity contribution in [1.29, 1.82) is 0 Å².